The summed E-state index contributed by atoms with van der Waals surface area (Å²) in [5, 5.41) is 4.40. The molecular weight excluding hydrogens is 424 g/mol. The Morgan fingerprint density at radius 3 is 2.61 bits per heavy atom. The molecule has 0 atom stereocenters. The molecule has 0 aliphatic carbocycles. The molecular formula is C21H24N2O7S. The van der Waals surface area contributed by atoms with Gasteiger partial charge in [0, 0.05) is 18.7 Å². The SMILES string of the molecule is CCOc1cc(C(=O)Nc2ccsc2C(=O)OC)ccc1OCC(=O)N1CCOCC1. The Kier molecular flexibility index (Phi) is 7.85. The standard InChI is InChI=1S/C21H24N2O7S/c1-3-29-17-12-14(20(25)22-15-6-11-31-19(15)21(26)27-2)4-5-16(17)30-13-18(24)23-7-9-28-10-8-23/h4-6,11-12H,3,7-10,13H2,1-2H3,(H,22,25). The van der Waals surface area contributed by atoms with Crippen molar-refractivity contribution in [1.82, 2.24) is 4.90 Å². The fraction of sp³-hybridized carbons (Fsp3) is 0.381. The van der Waals surface area contributed by atoms with Crippen molar-refractivity contribution in [2.75, 3.05) is 51.9 Å². The molecule has 166 valence electrons. The second kappa shape index (κ2) is 10.8. The molecule has 1 fully saturated rings. The summed E-state index contributed by atoms with van der Waals surface area (Å²) >= 11 is 1.18. The summed E-state index contributed by atoms with van der Waals surface area (Å²) in [7, 11) is 1.28. The van der Waals surface area contributed by atoms with Gasteiger partial charge in [0.25, 0.3) is 11.8 Å². The van der Waals surface area contributed by atoms with Gasteiger partial charge in [0.2, 0.25) is 0 Å². The zero-order valence-corrected chi connectivity index (χ0v) is 18.2. The minimum atomic E-state index is -0.519. The van der Waals surface area contributed by atoms with Crippen molar-refractivity contribution < 1.29 is 33.3 Å². The molecule has 0 unspecified atom stereocenters. The van der Waals surface area contributed by atoms with Crippen LogP contribution in [0, 0.1) is 0 Å². The maximum Gasteiger partial charge on any atom is 0.350 e. The lowest BCUT2D eigenvalue weighted by Gasteiger charge is -2.26. The van der Waals surface area contributed by atoms with E-state index in [0.717, 1.165) is 0 Å². The molecule has 3 rings (SSSR count). The van der Waals surface area contributed by atoms with E-state index in [4.69, 9.17) is 18.9 Å². The zero-order chi connectivity index (χ0) is 22.2. The maximum absolute atomic E-state index is 12.7. The van der Waals surface area contributed by atoms with Crippen molar-refractivity contribution in [2.24, 2.45) is 0 Å². The summed E-state index contributed by atoms with van der Waals surface area (Å²) in [5.74, 6) is -0.357. The number of amides is 2. The van der Waals surface area contributed by atoms with Crippen LogP contribution in [0.25, 0.3) is 0 Å². The highest BCUT2D eigenvalue weighted by molar-refractivity contribution is 7.12. The molecule has 1 aliphatic rings. The molecule has 0 radical (unpaired) electrons. The van der Waals surface area contributed by atoms with Gasteiger partial charge in [-0.15, -0.1) is 11.3 Å². The molecule has 2 amide bonds. The number of thiophene rings is 1. The van der Waals surface area contributed by atoms with E-state index in [0.29, 0.717) is 60.5 Å². The van der Waals surface area contributed by atoms with Crippen LogP contribution in [0.3, 0.4) is 0 Å². The predicted molar refractivity (Wildman–Crippen MR) is 114 cm³/mol. The van der Waals surface area contributed by atoms with E-state index in [9.17, 15) is 14.4 Å². The summed E-state index contributed by atoms with van der Waals surface area (Å²) in [4.78, 5) is 38.8. The first-order valence-corrected chi connectivity index (χ1v) is 10.6. The van der Waals surface area contributed by atoms with Crippen LogP contribution in [0.1, 0.15) is 27.0 Å². The molecule has 1 saturated heterocycles. The molecule has 1 N–H and O–H groups in total. The number of esters is 1. The van der Waals surface area contributed by atoms with Gasteiger partial charge in [-0.1, -0.05) is 0 Å². The van der Waals surface area contributed by atoms with E-state index in [1.54, 1.807) is 28.5 Å². The summed E-state index contributed by atoms with van der Waals surface area (Å²) in [6.07, 6.45) is 0. The van der Waals surface area contributed by atoms with Crippen LogP contribution < -0.4 is 14.8 Å². The average Bonchev–Trinajstić information content (AvgIpc) is 3.26. The van der Waals surface area contributed by atoms with Crippen molar-refractivity contribution >= 4 is 34.8 Å². The Bertz CT molecular complexity index is 938. The van der Waals surface area contributed by atoms with Crippen LogP contribution in [0.15, 0.2) is 29.6 Å². The smallest absolute Gasteiger partial charge is 0.350 e. The third-order valence-electron chi connectivity index (χ3n) is 4.50. The number of morpholine rings is 1. The number of carbonyl (C=O) groups is 3. The van der Waals surface area contributed by atoms with Gasteiger partial charge in [0.05, 0.1) is 32.6 Å². The Balaban J connectivity index is 1.69. The first kappa shape index (κ1) is 22.6. The fourth-order valence-electron chi connectivity index (χ4n) is 2.93. The molecule has 1 aromatic heterocycles. The molecule has 9 nitrogen and oxygen atoms in total. The highest BCUT2D eigenvalue weighted by atomic mass is 32.1. The lowest BCUT2D eigenvalue weighted by atomic mass is 10.2. The minimum Gasteiger partial charge on any atom is -0.490 e. The molecule has 0 spiro atoms. The number of nitrogens with zero attached hydrogens (tertiary/aromatic N) is 1. The van der Waals surface area contributed by atoms with Gasteiger partial charge in [-0.2, -0.15) is 0 Å². The molecule has 2 aromatic rings. The first-order valence-electron chi connectivity index (χ1n) is 9.75. The van der Waals surface area contributed by atoms with Crippen molar-refractivity contribution in [2.45, 2.75) is 6.92 Å². The highest BCUT2D eigenvalue weighted by Crippen LogP contribution is 2.30. The minimum absolute atomic E-state index is 0.136. The van der Waals surface area contributed by atoms with Crippen molar-refractivity contribution in [1.29, 1.82) is 0 Å². The van der Waals surface area contributed by atoms with Gasteiger partial charge in [-0.25, -0.2) is 4.79 Å². The van der Waals surface area contributed by atoms with Crippen LogP contribution >= 0.6 is 11.3 Å². The first-order chi connectivity index (χ1) is 15.0. The summed E-state index contributed by atoms with van der Waals surface area (Å²) in [6, 6.07) is 6.32. The summed E-state index contributed by atoms with van der Waals surface area (Å²) in [6.45, 7) is 4.14. The van der Waals surface area contributed by atoms with Gasteiger partial charge in [-0.05, 0) is 36.6 Å². The molecule has 10 heteroatoms. The van der Waals surface area contributed by atoms with Gasteiger partial charge >= 0.3 is 5.97 Å². The number of hydrogen-bond donors (Lipinski definition) is 1. The Morgan fingerprint density at radius 1 is 1.13 bits per heavy atom. The van der Waals surface area contributed by atoms with Gasteiger partial charge in [-0.3, -0.25) is 9.59 Å². The number of rotatable bonds is 8. The van der Waals surface area contributed by atoms with E-state index in [-0.39, 0.29) is 12.5 Å². The second-order valence-corrected chi connectivity index (χ2v) is 7.40. The number of hydrogen-bond acceptors (Lipinski definition) is 8. The molecule has 1 aromatic carbocycles. The van der Waals surface area contributed by atoms with E-state index < -0.39 is 11.9 Å². The summed E-state index contributed by atoms with van der Waals surface area (Å²) < 4.78 is 21.2. The van der Waals surface area contributed by atoms with Gasteiger partial charge in [0.1, 0.15) is 4.88 Å². The molecule has 0 bridgehead atoms. The average molecular weight is 448 g/mol. The fourth-order valence-corrected chi connectivity index (χ4v) is 3.70. The zero-order valence-electron chi connectivity index (χ0n) is 17.3. The predicted octanol–water partition coefficient (Wildman–Crippen LogP) is 2.42. The van der Waals surface area contributed by atoms with E-state index in [1.165, 1.54) is 24.5 Å². The number of ether oxygens (including phenoxy) is 4. The Hall–Kier alpha value is -3.11. The Morgan fingerprint density at radius 2 is 1.90 bits per heavy atom. The van der Waals surface area contributed by atoms with Crippen molar-refractivity contribution in [3.63, 3.8) is 0 Å². The number of carbonyl (C=O) groups excluding carboxylic acids is 3. The molecule has 31 heavy (non-hydrogen) atoms. The van der Waals surface area contributed by atoms with Gasteiger partial charge < -0.3 is 29.2 Å². The third kappa shape index (κ3) is 5.74. The number of benzene rings is 1. The topological polar surface area (TPSA) is 103 Å². The van der Waals surface area contributed by atoms with Crippen LogP contribution in [-0.4, -0.2) is 69.3 Å². The van der Waals surface area contributed by atoms with Gasteiger partial charge in [0.15, 0.2) is 18.1 Å². The van der Waals surface area contributed by atoms with E-state index in [2.05, 4.69) is 5.32 Å². The number of anilines is 1. The quantitative estimate of drug-likeness (QED) is 0.619. The van der Waals surface area contributed by atoms with Crippen molar-refractivity contribution in [3.8, 4) is 11.5 Å². The highest BCUT2D eigenvalue weighted by Gasteiger charge is 2.20. The maximum atomic E-state index is 12.7. The van der Waals surface area contributed by atoms with Crippen LogP contribution in [0.2, 0.25) is 0 Å². The normalized spacial score (nSPS) is 13.4. The molecule has 0 saturated carbocycles. The molecule has 2 heterocycles. The van der Waals surface area contributed by atoms with Crippen molar-refractivity contribution in [3.05, 3.63) is 40.1 Å². The summed E-state index contributed by atoms with van der Waals surface area (Å²) in [5.41, 5.74) is 0.688. The second-order valence-electron chi connectivity index (χ2n) is 6.49. The Labute approximate surface area is 183 Å². The van der Waals surface area contributed by atoms with E-state index in [1.807, 2.05) is 6.92 Å². The van der Waals surface area contributed by atoms with E-state index >= 15 is 0 Å². The van der Waals surface area contributed by atoms with Crippen LogP contribution in [-0.2, 0) is 14.3 Å². The third-order valence-corrected chi connectivity index (χ3v) is 5.40. The lowest BCUT2D eigenvalue weighted by molar-refractivity contribution is -0.137. The largest absolute Gasteiger partial charge is 0.490 e. The van der Waals surface area contributed by atoms with Crippen LogP contribution in [0.4, 0.5) is 5.69 Å². The molecule has 1 aliphatic heterocycles. The lowest BCUT2D eigenvalue weighted by Crippen LogP contribution is -2.43. The monoisotopic (exact) mass is 448 g/mol. The van der Waals surface area contributed by atoms with Crippen LogP contribution in [0.5, 0.6) is 11.5 Å². The number of methoxy groups -OCH3 is 1. The number of nitrogens with one attached hydrogen (secondary N) is 1.